The smallest absolute Gasteiger partial charge is 0.266 e. The number of benzene rings is 2. The van der Waals surface area contributed by atoms with Crippen LogP contribution in [-0.2, 0) is 21.2 Å². The van der Waals surface area contributed by atoms with E-state index in [2.05, 4.69) is 37.0 Å². The van der Waals surface area contributed by atoms with Crippen LogP contribution in [-0.4, -0.2) is 20.5 Å². The zero-order valence-electron chi connectivity index (χ0n) is 15.6. The summed E-state index contributed by atoms with van der Waals surface area (Å²) < 4.78 is 26.8. The quantitative estimate of drug-likeness (QED) is 0.773. The lowest BCUT2D eigenvalue weighted by atomic mass is 9.98. The summed E-state index contributed by atoms with van der Waals surface area (Å²) in [6, 6.07) is 12.4. The molecule has 1 aliphatic rings. The van der Waals surface area contributed by atoms with Gasteiger partial charge in [0.1, 0.15) is 10.6 Å². The second-order valence-electron chi connectivity index (χ2n) is 6.89. The predicted octanol–water partition coefficient (Wildman–Crippen LogP) is 3.98. The number of rotatable bonds is 6. The summed E-state index contributed by atoms with van der Waals surface area (Å²) >= 11 is 5.92. The molecular formula is C21H21ClN2O3S. The Bertz CT molecular complexity index is 1050. The van der Waals surface area contributed by atoms with Gasteiger partial charge >= 0.3 is 0 Å². The van der Waals surface area contributed by atoms with Crippen LogP contribution < -0.4 is 4.72 Å². The maximum Gasteiger partial charge on any atom is 0.283 e. The Morgan fingerprint density at radius 2 is 1.82 bits per heavy atom. The Hall–Kier alpha value is -2.44. The maximum absolute atomic E-state index is 12.4. The van der Waals surface area contributed by atoms with Crippen molar-refractivity contribution < 1.29 is 13.2 Å². The molecule has 5 nitrogen and oxygen atoms in total. The van der Waals surface area contributed by atoms with E-state index in [-0.39, 0.29) is 21.5 Å². The monoisotopic (exact) mass is 416 g/mol. The van der Waals surface area contributed by atoms with E-state index >= 15 is 0 Å². The van der Waals surface area contributed by atoms with E-state index in [0.717, 1.165) is 12.8 Å². The number of carbonyl (C=O) groups is 1. The Kier molecular flexibility index (Phi) is 6.01. The Balaban J connectivity index is 1.64. The largest absolute Gasteiger partial charge is 0.283 e. The predicted molar refractivity (Wildman–Crippen MR) is 111 cm³/mol. The van der Waals surface area contributed by atoms with Gasteiger partial charge in [0, 0.05) is 12.1 Å². The normalized spacial score (nSPS) is 16.1. The molecule has 0 radical (unpaired) electrons. The second-order valence-corrected chi connectivity index (χ2v) is 8.95. The van der Waals surface area contributed by atoms with Crippen molar-refractivity contribution in [2.75, 3.05) is 0 Å². The average molecular weight is 417 g/mol. The van der Waals surface area contributed by atoms with Gasteiger partial charge in [0.15, 0.2) is 0 Å². The van der Waals surface area contributed by atoms with E-state index in [1.54, 1.807) is 24.4 Å². The molecule has 28 heavy (non-hydrogen) atoms. The molecule has 1 N–H and O–H groups in total. The van der Waals surface area contributed by atoms with Crippen molar-refractivity contribution in [2.24, 2.45) is 10.9 Å². The molecule has 0 fully saturated rings. The molecule has 2 aromatic rings. The molecule has 1 unspecified atom stereocenters. The lowest BCUT2D eigenvalue weighted by Crippen LogP contribution is -2.31. The highest BCUT2D eigenvalue weighted by Crippen LogP contribution is 2.22. The minimum atomic E-state index is -4.06. The summed E-state index contributed by atoms with van der Waals surface area (Å²) in [6.45, 7) is 4.13. The number of hydrogen-bond acceptors (Lipinski definition) is 4. The third kappa shape index (κ3) is 4.88. The molecule has 1 heterocycles. The minimum Gasteiger partial charge on any atom is -0.266 e. The molecule has 7 heteroatoms. The summed E-state index contributed by atoms with van der Waals surface area (Å²) in [6.07, 6.45) is 5.02. The Labute approximate surface area is 170 Å². The van der Waals surface area contributed by atoms with Gasteiger partial charge in [-0.25, -0.2) is 13.1 Å². The van der Waals surface area contributed by atoms with Gasteiger partial charge in [-0.2, -0.15) is 0 Å². The zero-order chi connectivity index (χ0) is 20.3. The Morgan fingerprint density at radius 3 is 2.50 bits per heavy atom. The molecule has 0 saturated carbocycles. The van der Waals surface area contributed by atoms with Crippen molar-refractivity contribution in [3.63, 3.8) is 0 Å². The molecule has 0 bridgehead atoms. The van der Waals surface area contributed by atoms with E-state index in [9.17, 15) is 13.2 Å². The third-order valence-corrected chi connectivity index (χ3v) is 6.24. The molecule has 1 amide bonds. The Morgan fingerprint density at radius 1 is 1.14 bits per heavy atom. The van der Waals surface area contributed by atoms with Crippen molar-refractivity contribution in [2.45, 2.75) is 31.6 Å². The first-order valence-electron chi connectivity index (χ1n) is 8.89. The van der Waals surface area contributed by atoms with E-state index in [1.807, 2.05) is 4.72 Å². The highest BCUT2D eigenvalue weighted by Gasteiger charge is 2.24. The van der Waals surface area contributed by atoms with Crippen LogP contribution in [0.25, 0.3) is 0 Å². The molecular weight excluding hydrogens is 396 g/mol. The summed E-state index contributed by atoms with van der Waals surface area (Å²) in [5.41, 5.74) is 3.77. The van der Waals surface area contributed by atoms with Crippen molar-refractivity contribution in [3.05, 3.63) is 76.0 Å². The molecule has 0 aliphatic carbocycles. The van der Waals surface area contributed by atoms with E-state index < -0.39 is 15.9 Å². The number of nitrogens with zero attached hydrogens (tertiary/aromatic N) is 1. The first kappa shape index (κ1) is 20.3. The van der Waals surface area contributed by atoms with Gasteiger partial charge in [-0.3, -0.25) is 9.79 Å². The highest BCUT2D eigenvalue weighted by atomic mass is 35.5. The number of aliphatic imine (C=N–C) groups is 1. The second kappa shape index (κ2) is 8.29. The SMILES string of the molecule is Cc1cc(C)cc(CCC2C=NC(C(=O)NS(=O)(=O)c3ccccc3Cl)=C2)c1. The number of carbonyl (C=O) groups excluding carboxylic acids is 1. The number of nitrogens with one attached hydrogen (secondary N) is 1. The first-order valence-corrected chi connectivity index (χ1v) is 10.8. The van der Waals surface area contributed by atoms with Crippen LogP contribution in [0.1, 0.15) is 23.1 Å². The first-order chi connectivity index (χ1) is 13.2. The van der Waals surface area contributed by atoms with Crippen LogP contribution >= 0.6 is 11.6 Å². The summed E-state index contributed by atoms with van der Waals surface area (Å²) in [4.78, 5) is 16.3. The average Bonchev–Trinajstić information content (AvgIpc) is 3.08. The fraction of sp³-hybridized carbons (Fsp3) is 0.238. The van der Waals surface area contributed by atoms with E-state index in [4.69, 9.17) is 11.6 Å². The molecule has 0 spiro atoms. The van der Waals surface area contributed by atoms with Crippen LogP contribution in [0.4, 0.5) is 0 Å². The van der Waals surface area contributed by atoms with Crippen LogP contribution in [0.15, 0.2) is 64.1 Å². The zero-order valence-corrected chi connectivity index (χ0v) is 17.2. The minimum absolute atomic E-state index is 0.00964. The number of amides is 1. The maximum atomic E-state index is 12.4. The van der Waals surface area contributed by atoms with Crippen molar-refractivity contribution in [3.8, 4) is 0 Å². The molecule has 1 aliphatic heterocycles. The standard InChI is InChI=1S/C21H21ClN2O3S/c1-14-9-15(2)11-16(10-14)7-8-17-12-19(23-13-17)21(25)24-28(26,27)20-6-4-3-5-18(20)22/h3-6,9-13,17H,7-8H2,1-2H3,(H,24,25). The highest BCUT2D eigenvalue weighted by molar-refractivity contribution is 7.90. The molecule has 0 saturated heterocycles. The number of allylic oxidation sites excluding steroid dienone is 1. The van der Waals surface area contributed by atoms with Crippen LogP contribution in [0, 0.1) is 19.8 Å². The molecule has 1 atom stereocenters. The summed E-state index contributed by atoms with van der Waals surface area (Å²) in [5, 5.41) is 0.0537. The van der Waals surface area contributed by atoms with Crippen molar-refractivity contribution in [1.82, 2.24) is 4.72 Å². The van der Waals surface area contributed by atoms with Gasteiger partial charge < -0.3 is 0 Å². The van der Waals surface area contributed by atoms with Crippen molar-refractivity contribution in [1.29, 1.82) is 0 Å². The van der Waals surface area contributed by atoms with Gasteiger partial charge in [-0.1, -0.05) is 53.1 Å². The van der Waals surface area contributed by atoms with Crippen molar-refractivity contribution >= 4 is 33.7 Å². The fourth-order valence-electron chi connectivity index (χ4n) is 3.20. The fourth-order valence-corrected chi connectivity index (χ4v) is 4.68. The van der Waals surface area contributed by atoms with Crippen LogP contribution in [0.5, 0.6) is 0 Å². The van der Waals surface area contributed by atoms with Crippen LogP contribution in [0.3, 0.4) is 0 Å². The lowest BCUT2D eigenvalue weighted by Gasteiger charge is -2.08. The number of sulfonamides is 1. The molecule has 3 rings (SSSR count). The van der Waals surface area contributed by atoms with Gasteiger partial charge in [-0.15, -0.1) is 0 Å². The summed E-state index contributed by atoms with van der Waals surface area (Å²) in [7, 11) is -4.06. The van der Waals surface area contributed by atoms with Gasteiger partial charge in [0.05, 0.1) is 5.02 Å². The van der Waals surface area contributed by atoms with Gasteiger partial charge in [-0.05, 0) is 50.5 Å². The topological polar surface area (TPSA) is 75.6 Å². The summed E-state index contributed by atoms with van der Waals surface area (Å²) in [5.74, 6) is -0.769. The lowest BCUT2D eigenvalue weighted by molar-refractivity contribution is -0.115. The number of hydrogen-bond donors (Lipinski definition) is 1. The van der Waals surface area contributed by atoms with E-state index in [0.29, 0.717) is 0 Å². The number of aryl methyl sites for hydroxylation is 3. The molecule has 0 aromatic heterocycles. The third-order valence-electron chi connectivity index (χ3n) is 4.41. The van der Waals surface area contributed by atoms with E-state index in [1.165, 1.54) is 28.8 Å². The van der Waals surface area contributed by atoms with Gasteiger partial charge in [0.25, 0.3) is 15.9 Å². The molecule has 2 aromatic carbocycles. The number of halogens is 1. The van der Waals surface area contributed by atoms with Gasteiger partial charge in [0.2, 0.25) is 0 Å². The molecule has 146 valence electrons. The van der Waals surface area contributed by atoms with Crippen LogP contribution in [0.2, 0.25) is 5.02 Å².